The maximum absolute atomic E-state index is 11.5. The molecule has 0 unspecified atom stereocenters. The van der Waals surface area contributed by atoms with Gasteiger partial charge in [0.1, 0.15) is 4.60 Å². The van der Waals surface area contributed by atoms with Crippen LogP contribution in [0.5, 0.6) is 0 Å². The lowest BCUT2D eigenvalue weighted by atomic mass is 9.93. The molecule has 0 spiro atoms. The van der Waals surface area contributed by atoms with E-state index in [0.717, 1.165) is 17.4 Å². The van der Waals surface area contributed by atoms with E-state index in [4.69, 9.17) is 4.74 Å². The number of hydrogen-bond donors (Lipinski definition) is 0. The van der Waals surface area contributed by atoms with Crippen LogP contribution in [0, 0.1) is 0 Å². The summed E-state index contributed by atoms with van der Waals surface area (Å²) in [6.45, 7) is 2.29. The highest BCUT2D eigenvalue weighted by molar-refractivity contribution is 9.10. The number of pyridine rings is 1. The first-order valence-corrected chi connectivity index (χ1v) is 6.23. The highest BCUT2D eigenvalue weighted by Gasteiger charge is 2.46. The molecule has 0 aliphatic heterocycles. The van der Waals surface area contributed by atoms with E-state index < -0.39 is 0 Å². The lowest BCUT2D eigenvalue weighted by Crippen LogP contribution is -2.16. The summed E-state index contributed by atoms with van der Waals surface area (Å²) in [5, 5.41) is 0. The van der Waals surface area contributed by atoms with Crippen LogP contribution in [0.3, 0.4) is 0 Å². The second-order valence-electron chi connectivity index (χ2n) is 4.13. The van der Waals surface area contributed by atoms with Gasteiger partial charge >= 0.3 is 5.97 Å². The van der Waals surface area contributed by atoms with Crippen LogP contribution in [-0.2, 0) is 14.9 Å². The minimum Gasteiger partial charge on any atom is -0.466 e. The zero-order valence-corrected chi connectivity index (χ0v) is 10.8. The van der Waals surface area contributed by atoms with Crippen LogP contribution in [0.15, 0.2) is 22.9 Å². The Bertz CT molecular complexity index is 402. The zero-order chi connectivity index (χ0) is 11.6. The third kappa shape index (κ3) is 2.43. The first-order valence-electron chi connectivity index (χ1n) is 5.44. The highest BCUT2D eigenvalue weighted by Crippen LogP contribution is 2.51. The summed E-state index contributed by atoms with van der Waals surface area (Å²) >= 11 is 3.35. The van der Waals surface area contributed by atoms with Gasteiger partial charge in [-0.15, -0.1) is 0 Å². The molecule has 0 atom stereocenters. The largest absolute Gasteiger partial charge is 0.466 e. The molecule has 4 heteroatoms. The van der Waals surface area contributed by atoms with Crippen molar-refractivity contribution in [2.45, 2.75) is 31.6 Å². The Kier molecular flexibility index (Phi) is 3.28. The Balaban J connectivity index is 2.11. The van der Waals surface area contributed by atoms with Crippen LogP contribution in [-0.4, -0.2) is 17.6 Å². The minimum absolute atomic E-state index is 0.0116. The van der Waals surface area contributed by atoms with E-state index in [-0.39, 0.29) is 11.4 Å². The summed E-state index contributed by atoms with van der Waals surface area (Å²) in [5.41, 5.74) is 1.19. The van der Waals surface area contributed by atoms with Crippen molar-refractivity contribution in [2.75, 3.05) is 6.61 Å². The fraction of sp³-hybridized carbons (Fsp3) is 0.500. The van der Waals surface area contributed by atoms with Gasteiger partial charge in [0.25, 0.3) is 0 Å². The third-order valence-electron chi connectivity index (χ3n) is 2.98. The average Bonchev–Trinajstić information content (AvgIpc) is 2.99. The van der Waals surface area contributed by atoms with Crippen LogP contribution >= 0.6 is 15.9 Å². The number of halogens is 1. The molecule has 86 valence electrons. The van der Waals surface area contributed by atoms with Gasteiger partial charge in [-0.05, 0) is 53.4 Å². The maximum Gasteiger partial charge on any atom is 0.306 e. The molecule has 1 aliphatic carbocycles. The molecule has 0 aromatic carbocycles. The van der Waals surface area contributed by atoms with Crippen molar-refractivity contribution >= 4 is 21.9 Å². The molecule has 1 fully saturated rings. The molecule has 1 saturated carbocycles. The molecule has 0 saturated heterocycles. The lowest BCUT2D eigenvalue weighted by Gasteiger charge is -2.14. The average molecular weight is 284 g/mol. The summed E-state index contributed by atoms with van der Waals surface area (Å²) in [6.07, 6.45) is 4.37. The summed E-state index contributed by atoms with van der Waals surface area (Å²) in [5.74, 6) is -0.104. The number of aromatic nitrogens is 1. The van der Waals surface area contributed by atoms with Crippen molar-refractivity contribution < 1.29 is 9.53 Å². The normalized spacial score (nSPS) is 16.9. The fourth-order valence-corrected chi connectivity index (χ4v) is 2.30. The van der Waals surface area contributed by atoms with Gasteiger partial charge in [0.15, 0.2) is 0 Å². The van der Waals surface area contributed by atoms with Crippen LogP contribution in [0.4, 0.5) is 0 Å². The van der Waals surface area contributed by atoms with Crippen LogP contribution in [0.1, 0.15) is 31.7 Å². The molecule has 1 aromatic heterocycles. The molecule has 1 heterocycles. The van der Waals surface area contributed by atoms with Gasteiger partial charge in [-0.25, -0.2) is 4.98 Å². The maximum atomic E-state index is 11.5. The minimum atomic E-state index is -0.104. The second kappa shape index (κ2) is 4.53. The molecular formula is C12H14BrNO2. The van der Waals surface area contributed by atoms with Crippen molar-refractivity contribution in [3.8, 4) is 0 Å². The Morgan fingerprint density at radius 1 is 1.62 bits per heavy atom. The molecule has 0 amide bonds. The van der Waals surface area contributed by atoms with Crippen molar-refractivity contribution in [1.82, 2.24) is 4.98 Å². The van der Waals surface area contributed by atoms with Gasteiger partial charge in [0.05, 0.1) is 13.0 Å². The number of carbonyl (C=O) groups excluding carboxylic acids is 1. The van der Waals surface area contributed by atoms with E-state index in [1.54, 1.807) is 6.20 Å². The number of rotatable bonds is 4. The third-order valence-corrected chi connectivity index (χ3v) is 3.41. The van der Waals surface area contributed by atoms with E-state index in [0.29, 0.717) is 13.0 Å². The Morgan fingerprint density at radius 3 is 2.94 bits per heavy atom. The first-order chi connectivity index (χ1) is 7.66. The van der Waals surface area contributed by atoms with Gasteiger partial charge in [0, 0.05) is 11.6 Å². The Labute approximate surface area is 103 Å². The number of carbonyl (C=O) groups is 1. The summed E-state index contributed by atoms with van der Waals surface area (Å²) in [7, 11) is 0. The topological polar surface area (TPSA) is 39.2 Å². The van der Waals surface area contributed by atoms with E-state index in [9.17, 15) is 4.79 Å². The summed E-state index contributed by atoms with van der Waals surface area (Å²) in [4.78, 5) is 15.6. The zero-order valence-electron chi connectivity index (χ0n) is 9.20. The van der Waals surface area contributed by atoms with E-state index in [2.05, 4.69) is 20.9 Å². The number of nitrogens with zero attached hydrogens (tertiary/aromatic N) is 1. The Hall–Kier alpha value is -0.900. The van der Waals surface area contributed by atoms with Crippen LogP contribution < -0.4 is 0 Å². The molecule has 1 aromatic rings. The second-order valence-corrected chi connectivity index (χ2v) is 4.94. The predicted molar refractivity (Wildman–Crippen MR) is 64.1 cm³/mol. The van der Waals surface area contributed by atoms with Gasteiger partial charge < -0.3 is 4.74 Å². The SMILES string of the molecule is CCOC(=O)CC1(c2ccnc(Br)c2)CC1. The molecule has 0 bridgehead atoms. The van der Waals surface area contributed by atoms with Crippen molar-refractivity contribution in [3.05, 3.63) is 28.5 Å². The van der Waals surface area contributed by atoms with E-state index >= 15 is 0 Å². The summed E-state index contributed by atoms with van der Waals surface area (Å²) in [6, 6.07) is 3.98. The van der Waals surface area contributed by atoms with E-state index in [1.807, 2.05) is 19.1 Å². The number of hydrogen-bond acceptors (Lipinski definition) is 3. The number of esters is 1. The van der Waals surface area contributed by atoms with Crippen LogP contribution in [0.2, 0.25) is 0 Å². The Morgan fingerprint density at radius 2 is 2.38 bits per heavy atom. The quantitative estimate of drug-likeness (QED) is 0.630. The van der Waals surface area contributed by atoms with Gasteiger partial charge in [-0.3, -0.25) is 4.79 Å². The summed E-state index contributed by atoms with van der Waals surface area (Å²) < 4.78 is 5.82. The predicted octanol–water partition coefficient (Wildman–Crippen LogP) is 2.83. The van der Waals surface area contributed by atoms with Crippen molar-refractivity contribution in [1.29, 1.82) is 0 Å². The lowest BCUT2D eigenvalue weighted by molar-refractivity contribution is -0.143. The molecule has 0 radical (unpaired) electrons. The van der Waals surface area contributed by atoms with Gasteiger partial charge in [-0.2, -0.15) is 0 Å². The fourth-order valence-electron chi connectivity index (χ4n) is 1.94. The van der Waals surface area contributed by atoms with Crippen molar-refractivity contribution in [3.63, 3.8) is 0 Å². The van der Waals surface area contributed by atoms with Gasteiger partial charge in [0.2, 0.25) is 0 Å². The monoisotopic (exact) mass is 283 g/mol. The molecular weight excluding hydrogens is 270 g/mol. The number of ether oxygens (including phenoxy) is 1. The molecule has 1 aliphatic rings. The standard InChI is InChI=1S/C12H14BrNO2/c1-2-16-11(15)8-12(4-5-12)9-3-6-14-10(13)7-9/h3,6-7H,2,4-5,8H2,1H3. The molecule has 2 rings (SSSR count). The van der Waals surface area contributed by atoms with Crippen LogP contribution in [0.25, 0.3) is 0 Å². The molecule has 3 nitrogen and oxygen atoms in total. The van der Waals surface area contributed by atoms with E-state index in [1.165, 1.54) is 5.56 Å². The highest BCUT2D eigenvalue weighted by atomic mass is 79.9. The first kappa shape index (κ1) is 11.6. The smallest absolute Gasteiger partial charge is 0.306 e. The van der Waals surface area contributed by atoms with Crippen molar-refractivity contribution in [2.24, 2.45) is 0 Å². The molecule has 0 N–H and O–H groups in total. The van der Waals surface area contributed by atoms with Gasteiger partial charge in [-0.1, -0.05) is 0 Å². The molecule has 16 heavy (non-hydrogen) atoms.